The molecule has 0 fully saturated rings. The number of anilines is 1. The van der Waals surface area contributed by atoms with E-state index in [4.69, 9.17) is 0 Å². The zero-order chi connectivity index (χ0) is 14.3. The minimum atomic E-state index is -3.41. The molecule has 1 aromatic carbocycles. The van der Waals surface area contributed by atoms with Crippen molar-refractivity contribution in [2.24, 2.45) is 0 Å². The number of hydrogen-bond acceptors (Lipinski definition) is 3. The first-order valence-electron chi connectivity index (χ1n) is 6.42. The quantitative estimate of drug-likeness (QED) is 0.721. The van der Waals surface area contributed by atoms with Gasteiger partial charge in [-0.15, -0.1) is 0 Å². The average molecular weight is 288 g/mol. The van der Waals surface area contributed by atoms with Gasteiger partial charge in [0, 0.05) is 0 Å². The zero-order valence-electron chi connectivity index (χ0n) is 11.4. The van der Waals surface area contributed by atoms with E-state index in [0.717, 1.165) is 19.5 Å². The van der Waals surface area contributed by atoms with Crippen molar-refractivity contribution in [3.8, 4) is 0 Å². The normalized spacial score (nSPS) is 11.5. The second kappa shape index (κ2) is 7.45. The number of halogens is 1. The van der Waals surface area contributed by atoms with Crippen LogP contribution in [-0.4, -0.2) is 27.3 Å². The summed E-state index contributed by atoms with van der Waals surface area (Å²) >= 11 is 0. The van der Waals surface area contributed by atoms with Crippen LogP contribution in [0.2, 0.25) is 0 Å². The highest BCUT2D eigenvalue weighted by Gasteiger charge is 2.12. The summed E-state index contributed by atoms with van der Waals surface area (Å²) in [6, 6.07) is 4.06. The summed E-state index contributed by atoms with van der Waals surface area (Å²) in [5.74, 6) is -0.399. The maximum absolute atomic E-state index is 13.1. The van der Waals surface area contributed by atoms with Gasteiger partial charge in [-0.2, -0.15) is 0 Å². The van der Waals surface area contributed by atoms with Crippen LogP contribution in [0.1, 0.15) is 25.3 Å². The fourth-order valence-electron chi connectivity index (χ4n) is 1.64. The molecule has 0 heterocycles. The van der Waals surface area contributed by atoms with E-state index in [1.165, 1.54) is 12.1 Å². The molecule has 2 N–H and O–H groups in total. The van der Waals surface area contributed by atoms with Gasteiger partial charge < -0.3 is 5.32 Å². The third-order valence-electron chi connectivity index (χ3n) is 2.73. The SMILES string of the molecule is CCNCCCCS(=O)(=O)Nc1cc(F)ccc1C. The van der Waals surface area contributed by atoms with Crippen LogP contribution in [0.4, 0.5) is 10.1 Å². The Labute approximate surface area is 114 Å². The van der Waals surface area contributed by atoms with E-state index in [0.29, 0.717) is 17.7 Å². The number of rotatable bonds is 8. The minimum Gasteiger partial charge on any atom is -0.317 e. The van der Waals surface area contributed by atoms with Crippen molar-refractivity contribution in [2.75, 3.05) is 23.6 Å². The van der Waals surface area contributed by atoms with Crippen molar-refractivity contribution < 1.29 is 12.8 Å². The van der Waals surface area contributed by atoms with Crippen LogP contribution in [0, 0.1) is 12.7 Å². The fourth-order valence-corrected chi connectivity index (χ4v) is 2.88. The van der Waals surface area contributed by atoms with E-state index in [1.807, 2.05) is 6.92 Å². The summed E-state index contributed by atoms with van der Waals surface area (Å²) in [5.41, 5.74) is 1.02. The molecule has 0 aliphatic heterocycles. The first kappa shape index (κ1) is 15.9. The molecule has 0 radical (unpaired) electrons. The number of nitrogens with one attached hydrogen (secondary N) is 2. The Hall–Kier alpha value is -1.14. The second-order valence-corrected chi connectivity index (χ2v) is 6.28. The van der Waals surface area contributed by atoms with E-state index in [1.54, 1.807) is 13.0 Å². The first-order chi connectivity index (χ1) is 8.94. The van der Waals surface area contributed by atoms with E-state index >= 15 is 0 Å². The Morgan fingerprint density at radius 2 is 2.00 bits per heavy atom. The van der Waals surface area contributed by atoms with Crippen molar-refractivity contribution >= 4 is 15.7 Å². The van der Waals surface area contributed by atoms with Crippen LogP contribution < -0.4 is 10.0 Å². The standard InChI is InChI=1S/C13H21FN2O2S/c1-3-15-8-4-5-9-19(17,18)16-13-10-12(14)7-6-11(13)2/h6-7,10,15-16H,3-5,8-9H2,1-2H3. The molecule has 0 aromatic heterocycles. The molecule has 4 nitrogen and oxygen atoms in total. The van der Waals surface area contributed by atoms with E-state index < -0.39 is 15.8 Å². The van der Waals surface area contributed by atoms with Crippen molar-refractivity contribution in [3.05, 3.63) is 29.6 Å². The Kier molecular flexibility index (Phi) is 6.24. The summed E-state index contributed by atoms with van der Waals surface area (Å²) in [7, 11) is -3.41. The van der Waals surface area contributed by atoms with Crippen LogP contribution in [0.15, 0.2) is 18.2 Å². The number of unbranched alkanes of at least 4 members (excludes halogenated alkanes) is 1. The molecule has 0 spiro atoms. The maximum atomic E-state index is 13.1. The Morgan fingerprint density at radius 3 is 2.68 bits per heavy atom. The van der Waals surface area contributed by atoms with Gasteiger partial charge >= 0.3 is 0 Å². The van der Waals surface area contributed by atoms with Crippen LogP contribution in [0.5, 0.6) is 0 Å². The Bertz CT molecular complexity index is 503. The predicted octanol–water partition coefficient (Wildman–Crippen LogP) is 2.27. The van der Waals surface area contributed by atoms with Gasteiger partial charge in [0.1, 0.15) is 5.82 Å². The molecule has 0 aliphatic rings. The maximum Gasteiger partial charge on any atom is 0.232 e. The molecule has 108 valence electrons. The summed E-state index contributed by atoms with van der Waals surface area (Å²) in [6.45, 7) is 5.44. The highest BCUT2D eigenvalue weighted by atomic mass is 32.2. The van der Waals surface area contributed by atoms with E-state index in [-0.39, 0.29) is 5.75 Å². The van der Waals surface area contributed by atoms with Gasteiger partial charge in [0.05, 0.1) is 11.4 Å². The molecular formula is C13H21FN2O2S. The topological polar surface area (TPSA) is 58.2 Å². The molecule has 0 bridgehead atoms. The summed E-state index contributed by atoms with van der Waals surface area (Å²) in [6.07, 6.45) is 1.38. The largest absolute Gasteiger partial charge is 0.317 e. The number of benzene rings is 1. The van der Waals surface area contributed by atoms with Gasteiger partial charge in [-0.1, -0.05) is 13.0 Å². The molecular weight excluding hydrogens is 267 g/mol. The molecule has 0 amide bonds. The van der Waals surface area contributed by atoms with E-state index in [9.17, 15) is 12.8 Å². The molecule has 0 saturated carbocycles. The molecule has 0 aliphatic carbocycles. The lowest BCUT2D eigenvalue weighted by atomic mass is 10.2. The first-order valence-corrected chi connectivity index (χ1v) is 8.07. The molecule has 6 heteroatoms. The van der Waals surface area contributed by atoms with Crippen molar-refractivity contribution in [1.29, 1.82) is 0 Å². The highest BCUT2D eigenvalue weighted by molar-refractivity contribution is 7.92. The van der Waals surface area contributed by atoms with Gasteiger partial charge in [0.25, 0.3) is 0 Å². The van der Waals surface area contributed by atoms with Crippen molar-refractivity contribution in [1.82, 2.24) is 5.32 Å². The average Bonchev–Trinajstić information content (AvgIpc) is 2.33. The van der Waals surface area contributed by atoms with Gasteiger partial charge in [0.2, 0.25) is 10.0 Å². The number of hydrogen-bond donors (Lipinski definition) is 2. The van der Waals surface area contributed by atoms with Crippen LogP contribution in [0.3, 0.4) is 0 Å². The molecule has 0 atom stereocenters. The van der Waals surface area contributed by atoms with Gasteiger partial charge in [-0.05, 0) is 50.6 Å². The number of sulfonamides is 1. The summed E-state index contributed by atoms with van der Waals surface area (Å²) in [4.78, 5) is 0. The molecule has 1 aromatic rings. The second-order valence-electron chi connectivity index (χ2n) is 4.44. The van der Waals surface area contributed by atoms with Crippen LogP contribution in [0.25, 0.3) is 0 Å². The van der Waals surface area contributed by atoms with Crippen LogP contribution in [-0.2, 0) is 10.0 Å². The monoisotopic (exact) mass is 288 g/mol. The molecule has 0 unspecified atom stereocenters. The lowest BCUT2D eigenvalue weighted by Gasteiger charge is -2.10. The smallest absolute Gasteiger partial charge is 0.232 e. The lowest BCUT2D eigenvalue weighted by Crippen LogP contribution is -2.19. The highest BCUT2D eigenvalue weighted by Crippen LogP contribution is 2.17. The van der Waals surface area contributed by atoms with Gasteiger partial charge in [-0.25, -0.2) is 12.8 Å². The minimum absolute atomic E-state index is 0.0499. The zero-order valence-corrected chi connectivity index (χ0v) is 12.2. The number of aryl methyl sites for hydroxylation is 1. The van der Waals surface area contributed by atoms with Crippen molar-refractivity contribution in [3.63, 3.8) is 0 Å². The molecule has 19 heavy (non-hydrogen) atoms. The molecule has 0 saturated heterocycles. The summed E-state index contributed by atoms with van der Waals surface area (Å²) in [5, 5.41) is 3.14. The predicted molar refractivity (Wildman–Crippen MR) is 76.3 cm³/mol. The van der Waals surface area contributed by atoms with E-state index in [2.05, 4.69) is 10.0 Å². The third kappa shape index (κ3) is 6.02. The summed E-state index contributed by atoms with van der Waals surface area (Å²) < 4.78 is 39.2. The lowest BCUT2D eigenvalue weighted by molar-refractivity contribution is 0.593. The third-order valence-corrected chi connectivity index (χ3v) is 4.09. The molecule has 1 rings (SSSR count). The van der Waals surface area contributed by atoms with Gasteiger partial charge in [0.15, 0.2) is 0 Å². The van der Waals surface area contributed by atoms with Crippen molar-refractivity contribution in [2.45, 2.75) is 26.7 Å². The Balaban J connectivity index is 2.52. The fraction of sp³-hybridized carbons (Fsp3) is 0.538. The van der Waals surface area contributed by atoms with Crippen LogP contribution >= 0.6 is 0 Å². The van der Waals surface area contributed by atoms with Gasteiger partial charge in [-0.3, -0.25) is 4.72 Å². The Morgan fingerprint density at radius 1 is 1.26 bits per heavy atom.